The second-order valence-electron chi connectivity index (χ2n) is 15.7. The number of hydrogen-bond donors (Lipinski definition) is 1. The van der Waals surface area contributed by atoms with Crippen molar-refractivity contribution < 1.29 is 8.42 Å². The summed E-state index contributed by atoms with van der Waals surface area (Å²) in [7, 11) is -3.59. The van der Waals surface area contributed by atoms with Gasteiger partial charge in [0.05, 0.1) is 39.9 Å². The summed E-state index contributed by atoms with van der Waals surface area (Å²) in [5.74, 6) is 1.91. The molecule has 2 aliphatic carbocycles. The molecule has 7 nitrogen and oxygen atoms in total. The van der Waals surface area contributed by atoms with E-state index in [-0.39, 0.29) is 29.6 Å². The number of hydrogen-bond acceptors (Lipinski definition) is 6. The molecule has 2 saturated carbocycles. The number of allylic oxidation sites excluding steroid dienone is 2. The number of rotatable bonds is 10. The monoisotopic (exact) mass is 737 g/mol. The molecule has 6 rings (SSSR count). The molecule has 2 aromatic carbocycles. The first-order chi connectivity index (χ1) is 26.0. The average molecular weight is 738 g/mol. The van der Waals surface area contributed by atoms with E-state index in [2.05, 4.69) is 79.7 Å². The first-order valence-electron chi connectivity index (χ1n) is 19.3. The Morgan fingerprint density at radius 3 is 1.72 bits per heavy atom. The highest BCUT2D eigenvalue weighted by Crippen LogP contribution is 2.43. The number of aromatic nitrogens is 2. The van der Waals surface area contributed by atoms with Gasteiger partial charge >= 0.3 is 0 Å². The normalized spacial score (nSPS) is 27.4. The Kier molecular flexibility index (Phi) is 12.3. The number of nitrogens with one attached hydrogen (secondary N) is 1. The van der Waals surface area contributed by atoms with Gasteiger partial charge in [-0.1, -0.05) is 102 Å². The molecule has 0 spiro atoms. The molecular formula is C46H51N5O2S. The van der Waals surface area contributed by atoms with Crippen LogP contribution in [0.3, 0.4) is 0 Å². The summed E-state index contributed by atoms with van der Waals surface area (Å²) in [5, 5.41) is 18.5. The third-order valence-corrected chi connectivity index (χ3v) is 14.5. The highest BCUT2D eigenvalue weighted by atomic mass is 32.2. The van der Waals surface area contributed by atoms with Crippen molar-refractivity contribution in [1.29, 1.82) is 10.5 Å². The number of pyridine rings is 2. The Hall–Kier alpha value is -4.89. The maximum Gasteiger partial charge on any atom is 0.214 e. The van der Waals surface area contributed by atoms with Gasteiger partial charge in [0.25, 0.3) is 0 Å². The van der Waals surface area contributed by atoms with Gasteiger partial charge in [-0.05, 0) is 96.6 Å². The van der Waals surface area contributed by atoms with Crippen LogP contribution in [0.15, 0.2) is 97.3 Å². The minimum absolute atomic E-state index is 0.0677. The molecule has 8 heteroatoms. The summed E-state index contributed by atoms with van der Waals surface area (Å²) >= 11 is 0. The van der Waals surface area contributed by atoms with Crippen LogP contribution in [0.4, 0.5) is 0 Å². The van der Waals surface area contributed by atoms with Crippen LogP contribution in [-0.4, -0.2) is 30.2 Å². The zero-order valence-corrected chi connectivity index (χ0v) is 32.7. The van der Waals surface area contributed by atoms with Gasteiger partial charge in [0.15, 0.2) is 0 Å². The molecular weight excluding hydrogens is 687 g/mol. The average Bonchev–Trinajstić information content (AvgIpc) is 3.19. The van der Waals surface area contributed by atoms with Crippen molar-refractivity contribution in [3.05, 3.63) is 120 Å². The molecule has 1 N–H and O–H groups in total. The van der Waals surface area contributed by atoms with Crippen molar-refractivity contribution in [1.82, 2.24) is 14.7 Å². The van der Waals surface area contributed by atoms with Crippen molar-refractivity contribution in [3.63, 3.8) is 0 Å². The third kappa shape index (κ3) is 8.57. The highest BCUT2D eigenvalue weighted by molar-refractivity contribution is 7.90. The van der Waals surface area contributed by atoms with E-state index in [0.717, 1.165) is 46.5 Å². The minimum Gasteiger partial charge on any atom is -0.256 e. The van der Waals surface area contributed by atoms with Gasteiger partial charge in [-0.3, -0.25) is 9.97 Å². The fourth-order valence-electron chi connectivity index (χ4n) is 8.71. The SMILES string of the molecule is C[C@H]1[C@@H](C=Cc2ccc(-c3ccccc3C#N)cn2)[C@H](C)[C@@H](C)C[C@H]1S(=O)(=O)NC[C@@H]1CC[C@H](C)[C@@H](C)[C@@H]1C=Cc1ccc(-c2ccccc2C#N)cn1. The Morgan fingerprint density at radius 2 is 1.20 bits per heavy atom. The number of nitriles is 2. The quantitative estimate of drug-likeness (QED) is 0.173. The van der Waals surface area contributed by atoms with Gasteiger partial charge in [0.1, 0.15) is 0 Å². The first-order valence-corrected chi connectivity index (χ1v) is 20.8. The Morgan fingerprint density at radius 1 is 0.685 bits per heavy atom. The maximum atomic E-state index is 14.1. The molecule has 54 heavy (non-hydrogen) atoms. The molecule has 0 amide bonds. The zero-order chi connectivity index (χ0) is 38.4. The standard InChI is InChI=1S/C46H51N5O2S/c1-30-14-15-39(43(32(30)3)23-21-41-19-17-38(28-50-41)45-13-9-7-11-36(45)26-48)29-51-54(52,53)46-24-31(2)33(4)42(34(46)5)22-20-40-18-16-37(27-49-40)44-12-8-6-10-35(44)25-47/h6-13,16-23,27-28,30-34,39,42-43,46,51H,14-15,24,29H2,1-5H3/t30-,31-,32+,33+,34-,39-,42-,43-,46+/m0/s1. The van der Waals surface area contributed by atoms with E-state index in [1.54, 1.807) is 12.3 Å². The summed E-state index contributed by atoms with van der Waals surface area (Å²) in [6.07, 6.45) is 14.8. The molecule has 2 heterocycles. The Bertz CT molecular complexity index is 2160. The van der Waals surface area contributed by atoms with Gasteiger partial charge < -0.3 is 0 Å². The van der Waals surface area contributed by atoms with Crippen LogP contribution in [0.25, 0.3) is 34.4 Å². The smallest absolute Gasteiger partial charge is 0.214 e. The lowest BCUT2D eigenvalue weighted by molar-refractivity contribution is 0.148. The van der Waals surface area contributed by atoms with Crippen molar-refractivity contribution >= 4 is 22.2 Å². The lowest BCUT2D eigenvalue weighted by Crippen LogP contribution is -2.49. The van der Waals surface area contributed by atoms with Crippen LogP contribution in [-0.2, 0) is 10.0 Å². The summed E-state index contributed by atoms with van der Waals surface area (Å²) in [6, 6.07) is 27.5. The Balaban J connectivity index is 1.13. The van der Waals surface area contributed by atoms with Crippen LogP contribution in [0.1, 0.15) is 76.4 Å². The van der Waals surface area contributed by atoms with E-state index in [1.807, 2.05) is 79.0 Å². The zero-order valence-electron chi connectivity index (χ0n) is 31.9. The molecule has 2 fully saturated rings. The van der Waals surface area contributed by atoms with Gasteiger partial charge in [0.2, 0.25) is 10.0 Å². The summed E-state index contributed by atoms with van der Waals surface area (Å²) in [4.78, 5) is 9.35. The van der Waals surface area contributed by atoms with Gasteiger partial charge in [0, 0.05) is 41.2 Å². The van der Waals surface area contributed by atoms with Crippen LogP contribution in [0.2, 0.25) is 0 Å². The number of sulfonamides is 1. The van der Waals surface area contributed by atoms with Crippen LogP contribution in [0, 0.1) is 70.0 Å². The van der Waals surface area contributed by atoms with E-state index in [0.29, 0.717) is 41.8 Å². The summed E-state index contributed by atoms with van der Waals surface area (Å²) in [5.41, 5.74) is 6.39. The number of benzene rings is 2. The lowest BCUT2D eigenvalue weighted by Gasteiger charge is -2.43. The van der Waals surface area contributed by atoms with E-state index in [9.17, 15) is 18.9 Å². The first kappa shape index (κ1) is 38.8. The molecule has 2 aliphatic rings. The lowest BCUT2D eigenvalue weighted by atomic mass is 9.68. The van der Waals surface area contributed by atoms with Crippen LogP contribution in [0.5, 0.6) is 0 Å². The molecule has 0 radical (unpaired) electrons. The topological polar surface area (TPSA) is 120 Å². The van der Waals surface area contributed by atoms with E-state index < -0.39 is 15.3 Å². The minimum atomic E-state index is -3.59. The van der Waals surface area contributed by atoms with Crippen molar-refractivity contribution in [3.8, 4) is 34.4 Å². The molecule has 278 valence electrons. The predicted octanol–water partition coefficient (Wildman–Crippen LogP) is 9.80. The highest BCUT2D eigenvalue weighted by Gasteiger charge is 2.44. The van der Waals surface area contributed by atoms with Gasteiger partial charge in [-0.15, -0.1) is 0 Å². The predicted molar refractivity (Wildman–Crippen MR) is 218 cm³/mol. The van der Waals surface area contributed by atoms with Crippen molar-refractivity contribution in [2.24, 2.45) is 47.3 Å². The van der Waals surface area contributed by atoms with E-state index >= 15 is 0 Å². The molecule has 0 aliphatic heterocycles. The fraction of sp³-hybridized carbons (Fsp3) is 0.391. The summed E-state index contributed by atoms with van der Waals surface area (Å²) < 4.78 is 31.4. The molecule has 0 saturated heterocycles. The molecule has 0 bridgehead atoms. The number of nitrogens with zero attached hydrogens (tertiary/aromatic N) is 4. The molecule has 0 unspecified atom stereocenters. The largest absolute Gasteiger partial charge is 0.256 e. The Labute approximate surface area is 322 Å². The third-order valence-electron chi connectivity index (χ3n) is 12.6. The molecule has 2 aromatic heterocycles. The van der Waals surface area contributed by atoms with Crippen LogP contribution >= 0.6 is 0 Å². The second-order valence-corrected chi connectivity index (χ2v) is 17.7. The second kappa shape index (κ2) is 17.1. The fourth-order valence-corrected chi connectivity index (χ4v) is 10.7. The van der Waals surface area contributed by atoms with Crippen LogP contribution < -0.4 is 4.72 Å². The summed E-state index contributed by atoms with van der Waals surface area (Å²) in [6.45, 7) is 11.5. The van der Waals surface area contributed by atoms with Crippen molar-refractivity contribution in [2.75, 3.05) is 6.54 Å². The molecule has 4 aromatic rings. The van der Waals surface area contributed by atoms with E-state index in [4.69, 9.17) is 0 Å². The van der Waals surface area contributed by atoms with Gasteiger partial charge in [-0.25, -0.2) is 13.1 Å². The molecule has 9 atom stereocenters. The van der Waals surface area contributed by atoms with E-state index in [1.165, 1.54) is 0 Å². The van der Waals surface area contributed by atoms with Gasteiger partial charge in [-0.2, -0.15) is 10.5 Å². The van der Waals surface area contributed by atoms with Crippen molar-refractivity contribution in [2.45, 2.75) is 59.1 Å². The maximum absolute atomic E-state index is 14.1.